The first-order chi connectivity index (χ1) is 11.6. The van der Waals surface area contributed by atoms with Crippen LogP contribution in [0.1, 0.15) is 85.2 Å². The van der Waals surface area contributed by atoms with Crippen LogP contribution in [-0.2, 0) is 22.3 Å². The van der Waals surface area contributed by atoms with Gasteiger partial charge >= 0.3 is 11.9 Å². The minimum Gasteiger partial charge on any atom is -0.462 e. The molecule has 4 nitrogen and oxygen atoms in total. The Morgan fingerprint density at radius 1 is 0.833 bits per heavy atom. The molecule has 0 saturated carbocycles. The van der Waals surface area contributed by atoms with Crippen molar-refractivity contribution in [3.63, 3.8) is 0 Å². The molecule has 0 atom stereocenters. The topological polar surface area (TPSA) is 52.6 Å². The number of rotatable bonds is 10. The van der Waals surface area contributed by atoms with Crippen LogP contribution >= 0.6 is 0 Å². The van der Waals surface area contributed by atoms with E-state index in [0.717, 1.165) is 49.7 Å². The van der Waals surface area contributed by atoms with Crippen LogP contribution in [0.15, 0.2) is 12.1 Å². The molecule has 0 amide bonds. The molecule has 0 N–H and O–H groups in total. The molecule has 0 aliphatic rings. The number of aryl methyl sites for hydroxylation is 1. The Labute approximate surface area is 145 Å². The van der Waals surface area contributed by atoms with Crippen molar-refractivity contribution >= 4 is 11.9 Å². The van der Waals surface area contributed by atoms with E-state index in [9.17, 15) is 9.59 Å². The highest BCUT2D eigenvalue weighted by molar-refractivity contribution is 6.04. The van der Waals surface area contributed by atoms with E-state index in [4.69, 9.17) is 9.47 Å². The van der Waals surface area contributed by atoms with Crippen molar-refractivity contribution < 1.29 is 19.1 Å². The van der Waals surface area contributed by atoms with Gasteiger partial charge in [-0.1, -0.05) is 32.8 Å². The number of carbonyl (C=O) groups is 2. The highest BCUT2D eigenvalue weighted by Gasteiger charge is 2.24. The van der Waals surface area contributed by atoms with Gasteiger partial charge in [0.2, 0.25) is 0 Å². The number of hydrogen-bond acceptors (Lipinski definition) is 4. The standard InChI is InChI=1S/C20H30O4/c1-5-9-11-15-13-14-17(19(21)23-7-3)18(20(22)24-8-4)16(15)12-10-6-2/h13-14H,5-12H2,1-4H3. The summed E-state index contributed by atoms with van der Waals surface area (Å²) in [5, 5.41) is 0. The van der Waals surface area contributed by atoms with E-state index in [-0.39, 0.29) is 13.2 Å². The number of ether oxygens (including phenoxy) is 2. The van der Waals surface area contributed by atoms with Gasteiger partial charge in [-0.25, -0.2) is 9.59 Å². The summed E-state index contributed by atoms with van der Waals surface area (Å²) in [6, 6.07) is 3.68. The Morgan fingerprint density at radius 3 is 2.00 bits per heavy atom. The fourth-order valence-corrected chi connectivity index (χ4v) is 2.75. The summed E-state index contributed by atoms with van der Waals surface area (Å²) in [4.78, 5) is 24.8. The van der Waals surface area contributed by atoms with Crippen LogP contribution in [0, 0.1) is 0 Å². The van der Waals surface area contributed by atoms with Crippen LogP contribution in [0.3, 0.4) is 0 Å². The Hall–Kier alpha value is -1.84. The highest BCUT2D eigenvalue weighted by Crippen LogP contribution is 2.25. The Morgan fingerprint density at radius 2 is 1.42 bits per heavy atom. The first kappa shape index (κ1) is 20.2. The molecule has 4 heteroatoms. The summed E-state index contributed by atoms with van der Waals surface area (Å²) in [6.07, 6.45) is 5.82. The smallest absolute Gasteiger partial charge is 0.339 e. The lowest BCUT2D eigenvalue weighted by atomic mass is 9.90. The van der Waals surface area contributed by atoms with Crippen LogP contribution < -0.4 is 0 Å². The first-order valence-electron chi connectivity index (χ1n) is 9.09. The minimum absolute atomic E-state index is 0.281. The molecule has 0 saturated heterocycles. The molecule has 0 heterocycles. The van der Waals surface area contributed by atoms with Gasteiger partial charge in [0.1, 0.15) is 0 Å². The number of carbonyl (C=O) groups excluding carboxylic acids is 2. The van der Waals surface area contributed by atoms with E-state index in [2.05, 4.69) is 13.8 Å². The van der Waals surface area contributed by atoms with Crippen LogP contribution in [0.4, 0.5) is 0 Å². The molecule has 0 radical (unpaired) electrons. The van der Waals surface area contributed by atoms with Gasteiger partial charge in [0.05, 0.1) is 24.3 Å². The van der Waals surface area contributed by atoms with Gasteiger partial charge in [-0.2, -0.15) is 0 Å². The summed E-state index contributed by atoms with van der Waals surface area (Å²) >= 11 is 0. The number of unbranched alkanes of at least 4 members (excludes halogenated alkanes) is 2. The lowest BCUT2D eigenvalue weighted by molar-refractivity contribution is 0.0477. The third-order valence-corrected chi connectivity index (χ3v) is 3.96. The van der Waals surface area contributed by atoms with E-state index in [0.29, 0.717) is 11.1 Å². The molecule has 0 aliphatic carbocycles. The molecule has 0 aromatic heterocycles. The van der Waals surface area contributed by atoms with Crippen LogP contribution in [0.2, 0.25) is 0 Å². The molecule has 0 aliphatic heterocycles. The molecular formula is C20H30O4. The summed E-state index contributed by atoms with van der Waals surface area (Å²) in [7, 11) is 0. The lowest BCUT2D eigenvalue weighted by Crippen LogP contribution is -2.18. The highest BCUT2D eigenvalue weighted by atomic mass is 16.5. The van der Waals surface area contributed by atoms with Gasteiger partial charge in [-0.15, -0.1) is 0 Å². The maximum Gasteiger partial charge on any atom is 0.339 e. The number of benzene rings is 1. The maximum absolute atomic E-state index is 12.6. The van der Waals surface area contributed by atoms with Crippen molar-refractivity contribution in [2.24, 2.45) is 0 Å². The van der Waals surface area contributed by atoms with Gasteiger partial charge in [0.15, 0.2) is 0 Å². The van der Waals surface area contributed by atoms with Crippen molar-refractivity contribution in [3.05, 3.63) is 34.4 Å². The Kier molecular flexibility index (Phi) is 9.13. The summed E-state index contributed by atoms with van der Waals surface area (Å²) < 4.78 is 10.4. The second-order valence-corrected chi connectivity index (χ2v) is 5.77. The lowest BCUT2D eigenvalue weighted by Gasteiger charge is -2.17. The maximum atomic E-state index is 12.6. The number of esters is 2. The zero-order chi connectivity index (χ0) is 17.9. The Balaban J connectivity index is 3.43. The van der Waals surface area contributed by atoms with E-state index in [1.165, 1.54) is 0 Å². The minimum atomic E-state index is -0.458. The van der Waals surface area contributed by atoms with Gasteiger partial charge in [-0.05, 0) is 56.7 Å². The predicted molar refractivity (Wildman–Crippen MR) is 95.6 cm³/mol. The molecule has 134 valence electrons. The fraction of sp³-hybridized carbons (Fsp3) is 0.600. The SMILES string of the molecule is CCCCc1ccc(C(=O)OCC)c(C(=O)OCC)c1CCCC. The molecule has 0 spiro atoms. The molecular weight excluding hydrogens is 304 g/mol. The molecule has 1 rings (SSSR count). The third kappa shape index (κ3) is 5.36. The predicted octanol–water partition coefficient (Wildman–Crippen LogP) is 4.73. The molecule has 1 aromatic carbocycles. The van der Waals surface area contributed by atoms with Crippen molar-refractivity contribution in [1.82, 2.24) is 0 Å². The zero-order valence-electron chi connectivity index (χ0n) is 15.4. The second kappa shape index (κ2) is 10.8. The van der Waals surface area contributed by atoms with Gasteiger partial charge in [-0.3, -0.25) is 0 Å². The van der Waals surface area contributed by atoms with E-state index >= 15 is 0 Å². The van der Waals surface area contributed by atoms with Crippen molar-refractivity contribution in [2.75, 3.05) is 13.2 Å². The van der Waals surface area contributed by atoms with E-state index in [1.807, 2.05) is 6.07 Å². The summed E-state index contributed by atoms with van der Waals surface area (Å²) in [6.45, 7) is 8.36. The van der Waals surface area contributed by atoms with Crippen LogP contribution in [-0.4, -0.2) is 25.2 Å². The normalized spacial score (nSPS) is 10.5. The molecule has 0 bridgehead atoms. The van der Waals surface area contributed by atoms with Gasteiger partial charge in [0, 0.05) is 0 Å². The van der Waals surface area contributed by atoms with Crippen LogP contribution in [0.5, 0.6) is 0 Å². The van der Waals surface area contributed by atoms with E-state index in [1.54, 1.807) is 19.9 Å². The molecule has 0 unspecified atom stereocenters. The van der Waals surface area contributed by atoms with E-state index < -0.39 is 11.9 Å². The largest absolute Gasteiger partial charge is 0.462 e. The number of hydrogen-bond donors (Lipinski definition) is 0. The van der Waals surface area contributed by atoms with Gasteiger partial charge < -0.3 is 9.47 Å². The molecule has 0 fully saturated rings. The zero-order valence-corrected chi connectivity index (χ0v) is 15.4. The summed E-state index contributed by atoms with van der Waals surface area (Å²) in [5.74, 6) is -0.884. The van der Waals surface area contributed by atoms with Crippen LogP contribution in [0.25, 0.3) is 0 Å². The Bertz CT molecular complexity index is 549. The van der Waals surface area contributed by atoms with Crippen molar-refractivity contribution in [1.29, 1.82) is 0 Å². The fourth-order valence-electron chi connectivity index (χ4n) is 2.75. The monoisotopic (exact) mass is 334 g/mol. The van der Waals surface area contributed by atoms with Gasteiger partial charge in [0.25, 0.3) is 0 Å². The third-order valence-electron chi connectivity index (χ3n) is 3.96. The van der Waals surface area contributed by atoms with Crippen molar-refractivity contribution in [2.45, 2.75) is 66.2 Å². The first-order valence-corrected chi connectivity index (χ1v) is 9.09. The average Bonchev–Trinajstić information content (AvgIpc) is 2.58. The summed E-state index contributed by atoms with van der Waals surface area (Å²) in [5.41, 5.74) is 2.81. The van der Waals surface area contributed by atoms with Crippen molar-refractivity contribution in [3.8, 4) is 0 Å². The molecule has 1 aromatic rings. The quantitative estimate of drug-likeness (QED) is 0.581. The molecule has 24 heavy (non-hydrogen) atoms. The second-order valence-electron chi connectivity index (χ2n) is 5.77. The average molecular weight is 334 g/mol.